The van der Waals surface area contributed by atoms with Crippen molar-refractivity contribution in [3.63, 3.8) is 0 Å². The summed E-state index contributed by atoms with van der Waals surface area (Å²) in [7, 11) is 0. The first-order chi connectivity index (χ1) is 8.81. The van der Waals surface area contributed by atoms with Gasteiger partial charge in [0.05, 0.1) is 0 Å². The highest BCUT2D eigenvalue weighted by molar-refractivity contribution is 5.18. The molecule has 0 spiro atoms. The van der Waals surface area contributed by atoms with E-state index >= 15 is 0 Å². The molecule has 0 aliphatic carbocycles. The van der Waals surface area contributed by atoms with E-state index in [1.54, 1.807) is 0 Å². The molecule has 0 amide bonds. The monoisotopic (exact) mass is 246 g/mol. The number of benzene rings is 1. The van der Waals surface area contributed by atoms with Crippen molar-refractivity contribution in [1.82, 2.24) is 4.90 Å². The summed E-state index contributed by atoms with van der Waals surface area (Å²) < 4.78 is 0. The highest BCUT2D eigenvalue weighted by Crippen LogP contribution is 2.21. The Morgan fingerprint density at radius 3 is 2.83 bits per heavy atom. The van der Waals surface area contributed by atoms with Crippen LogP contribution in [0.1, 0.15) is 50.6 Å². The quantitative estimate of drug-likeness (QED) is 0.834. The minimum Gasteiger partial charge on any atom is -0.324 e. The van der Waals surface area contributed by atoms with E-state index in [4.69, 9.17) is 5.73 Å². The summed E-state index contributed by atoms with van der Waals surface area (Å²) in [6.07, 6.45) is 6.37. The molecule has 18 heavy (non-hydrogen) atoms. The Morgan fingerprint density at radius 1 is 1.33 bits per heavy atom. The molecule has 0 radical (unpaired) electrons. The largest absolute Gasteiger partial charge is 0.324 e. The number of hydrogen-bond acceptors (Lipinski definition) is 2. The van der Waals surface area contributed by atoms with E-state index in [1.165, 1.54) is 44.3 Å². The molecule has 1 fully saturated rings. The molecule has 1 aromatic rings. The molecule has 1 saturated heterocycles. The van der Waals surface area contributed by atoms with E-state index in [1.807, 2.05) is 6.07 Å². The van der Waals surface area contributed by atoms with Crippen molar-refractivity contribution in [3.8, 4) is 0 Å². The summed E-state index contributed by atoms with van der Waals surface area (Å²) in [5.74, 6) is 0. The Hall–Kier alpha value is -0.860. The van der Waals surface area contributed by atoms with Gasteiger partial charge < -0.3 is 10.6 Å². The van der Waals surface area contributed by atoms with Gasteiger partial charge in [-0.2, -0.15) is 0 Å². The number of likely N-dealkylation sites (tertiary alicyclic amines) is 1. The minimum absolute atomic E-state index is 0.203. The van der Waals surface area contributed by atoms with Crippen LogP contribution in [-0.2, 0) is 0 Å². The molecule has 0 bridgehead atoms. The molecule has 2 rings (SSSR count). The third kappa shape index (κ3) is 3.56. The molecule has 100 valence electrons. The lowest BCUT2D eigenvalue weighted by atomic mass is 10.0. The van der Waals surface area contributed by atoms with E-state index in [0.717, 1.165) is 12.5 Å². The van der Waals surface area contributed by atoms with Gasteiger partial charge in [-0.15, -0.1) is 0 Å². The second kappa shape index (κ2) is 6.91. The van der Waals surface area contributed by atoms with Gasteiger partial charge in [0.15, 0.2) is 0 Å². The molecule has 1 aliphatic rings. The third-order valence-corrected chi connectivity index (χ3v) is 4.16. The van der Waals surface area contributed by atoms with E-state index in [-0.39, 0.29) is 6.04 Å². The second-order valence-electron chi connectivity index (χ2n) is 5.40. The fraction of sp³-hybridized carbons (Fsp3) is 0.625. The molecule has 2 unspecified atom stereocenters. The smallest absolute Gasteiger partial charge is 0.0295 e. The maximum atomic E-state index is 6.23. The van der Waals surface area contributed by atoms with Crippen LogP contribution in [0.15, 0.2) is 30.3 Å². The predicted octanol–water partition coefficient (Wildman–Crippen LogP) is 3.34. The van der Waals surface area contributed by atoms with Crippen LogP contribution in [0.2, 0.25) is 0 Å². The zero-order valence-corrected chi connectivity index (χ0v) is 11.5. The summed E-state index contributed by atoms with van der Waals surface area (Å²) in [6.45, 7) is 4.82. The highest BCUT2D eigenvalue weighted by atomic mass is 15.2. The van der Waals surface area contributed by atoms with Crippen molar-refractivity contribution in [2.45, 2.75) is 51.1 Å². The van der Waals surface area contributed by atoms with Crippen molar-refractivity contribution in [2.75, 3.05) is 13.1 Å². The van der Waals surface area contributed by atoms with Crippen molar-refractivity contribution in [1.29, 1.82) is 0 Å². The molecular weight excluding hydrogens is 220 g/mol. The Balaban J connectivity index is 1.72. The summed E-state index contributed by atoms with van der Waals surface area (Å²) in [5.41, 5.74) is 7.50. The van der Waals surface area contributed by atoms with Crippen LogP contribution < -0.4 is 5.73 Å². The molecule has 1 aromatic carbocycles. The molecule has 0 aromatic heterocycles. The number of nitrogens with zero attached hydrogens (tertiary/aromatic N) is 1. The first kappa shape index (κ1) is 13.6. The highest BCUT2D eigenvalue weighted by Gasteiger charge is 2.22. The van der Waals surface area contributed by atoms with E-state index < -0.39 is 0 Å². The molecule has 2 atom stereocenters. The molecule has 2 nitrogen and oxygen atoms in total. The van der Waals surface area contributed by atoms with E-state index in [0.29, 0.717) is 0 Å². The van der Waals surface area contributed by atoms with Crippen molar-refractivity contribution >= 4 is 0 Å². The van der Waals surface area contributed by atoms with Gasteiger partial charge >= 0.3 is 0 Å². The van der Waals surface area contributed by atoms with Gasteiger partial charge in [0, 0.05) is 12.1 Å². The van der Waals surface area contributed by atoms with Crippen molar-refractivity contribution in [3.05, 3.63) is 35.9 Å². The van der Waals surface area contributed by atoms with Crippen LogP contribution in [0.4, 0.5) is 0 Å². The topological polar surface area (TPSA) is 29.3 Å². The Bertz CT molecular complexity index is 336. The van der Waals surface area contributed by atoms with Crippen LogP contribution in [0.25, 0.3) is 0 Å². The fourth-order valence-corrected chi connectivity index (χ4v) is 3.03. The number of rotatable bonds is 6. The Labute approximate surface area is 111 Å². The summed E-state index contributed by atoms with van der Waals surface area (Å²) in [4.78, 5) is 2.65. The standard InChI is InChI=1S/C16H26N2/c1-2-15-10-6-12-18(15)13-7-11-16(17)14-8-4-3-5-9-14/h3-5,8-9,15-16H,2,6-7,10-13,17H2,1H3. The lowest BCUT2D eigenvalue weighted by Gasteiger charge is -2.23. The van der Waals surface area contributed by atoms with Gasteiger partial charge in [0.2, 0.25) is 0 Å². The van der Waals surface area contributed by atoms with Crippen LogP contribution in [0.3, 0.4) is 0 Å². The normalized spacial score (nSPS) is 22.2. The first-order valence-corrected chi connectivity index (χ1v) is 7.36. The van der Waals surface area contributed by atoms with Gasteiger partial charge in [-0.25, -0.2) is 0 Å². The number of nitrogens with two attached hydrogens (primary N) is 1. The Morgan fingerprint density at radius 2 is 2.11 bits per heavy atom. The third-order valence-electron chi connectivity index (χ3n) is 4.16. The van der Waals surface area contributed by atoms with Crippen molar-refractivity contribution < 1.29 is 0 Å². The minimum atomic E-state index is 0.203. The van der Waals surface area contributed by atoms with E-state index in [2.05, 4.69) is 36.1 Å². The number of hydrogen-bond donors (Lipinski definition) is 1. The molecule has 2 heteroatoms. The molecule has 1 heterocycles. The maximum Gasteiger partial charge on any atom is 0.0295 e. The van der Waals surface area contributed by atoms with Crippen LogP contribution >= 0.6 is 0 Å². The lowest BCUT2D eigenvalue weighted by molar-refractivity contribution is 0.241. The van der Waals surface area contributed by atoms with Gasteiger partial charge in [-0.05, 0) is 50.8 Å². The summed E-state index contributed by atoms with van der Waals surface area (Å²) >= 11 is 0. The molecule has 1 aliphatic heterocycles. The van der Waals surface area contributed by atoms with E-state index in [9.17, 15) is 0 Å². The van der Waals surface area contributed by atoms with Gasteiger partial charge in [0.25, 0.3) is 0 Å². The van der Waals surface area contributed by atoms with Crippen LogP contribution in [-0.4, -0.2) is 24.0 Å². The van der Waals surface area contributed by atoms with Crippen molar-refractivity contribution in [2.24, 2.45) is 5.73 Å². The van der Waals surface area contributed by atoms with Gasteiger partial charge in [0.1, 0.15) is 0 Å². The summed E-state index contributed by atoms with van der Waals surface area (Å²) in [6, 6.07) is 11.5. The average molecular weight is 246 g/mol. The second-order valence-corrected chi connectivity index (χ2v) is 5.40. The molecule has 0 saturated carbocycles. The van der Waals surface area contributed by atoms with Crippen LogP contribution in [0.5, 0.6) is 0 Å². The van der Waals surface area contributed by atoms with Gasteiger partial charge in [-0.1, -0.05) is 37.3 Å². The maximum absolute atomic E-state index is 6.23. The average Bonchev–Trinajstić information content (AvgIpc) is 2.87. The first-order valence-electron chi connectivity index (χ1n) is 7.36. The zero-order chi connectivity index (χ0) is 12.8. The molecular formula is C16H26N2. The Kier molecular flexibility index (Phi) is 5.21. The van der Waals surface area contributed by atoms with Crippen LogP contribution in [0, 0.1) is 0 Å². The fourth-order valence-electron chi connectivity index (χ4n) is 3.03. The zero-order valence-electron chi connectivity index (χ0n) is 11.5. The summed E-state index contributed by atoms with van der Waals surface area (Å²) in [5, 5.41) is 0. The molecule has 2 N–H and O–H groups in total. The lowest BCUT2D eigenvalue weighted by Crippen LogP contribution is -2.30. The SMILES string of the molecule is CCC1CCCN1CCCC(N)c1ccccc1. The van der Waals surface area contributed by atoms with Gasteiger partial charge in [-0.3, -0.25) is 0 Å². The predicted molar refractivity (Wildman–Crippen MR) is 77.5 cm³/mol.